The molecule has 1 aromatic heterocycles. The molecular formula is C26H29N3O2. The van der Waals surface area contributed by atoms with Crippen LogP contribution in [0.4, 0.5) is 0 Å². The maximum Gasteiger partial charge on any atom is 0.251 e. The van der Waals surface area contributed by atoms with Crippen molar-refractivity contribution in [3.05, 3.63) is 94.8 Å². The molecule has 31 heavy (non-hydrogen) atoms. The van der Waals surface area contributed by atoms with E-state index in [0.29, 0.717) is 18.7 Å². The van der Waals surface area contributed by atoms with Crippen LogP contribution in [0.5, 0.6) is 5.75 Å². The van der Waals surface area contributed by atoms with E-state index in [2.05, 4.69) is 39.9 Å². The number of nitrogens with zero attached hydrogens (tertiary/aromatic N) is 1. The number of aromatic nitrogens is 1. The topological polar surface area (TPSA) is 63.2 Å². The summed E-state index contributed by atoms with van der Waals surface area (Å²) in [7, 11) is 0. The van der Waals surface area contributed by atoms with E-state index in [0.717, 1.165) is 55.8 Å². The number of nitrogens with one attached hydrogen (secondary N) is 2. The molecule has 2 bridgehead atoms. The predicted molar refractivity (Wildman–Crippen MR) is 122 cm³/mol. The predicted octanol–water partition coefficient (Wildman–Crippen LogP) is 4.25. The summed E-state index contributed by atoms with van der Waals surface area (Å²) in [5.41, 5.74) is 5.00. The van der Waals surface area contributed by atoms with E-state index in [-0.39, 0.29) is 5.91 Å². The first-order chi connectivity index (χ1) is 15.3. The zero-order valence-corrected chi connectivity index (χ0v) is 17.8. The maximum absolute atomic E-state index is 12.8. The van der Waals surface area contributed by atoms with Crippen LogP contribution >= 0.6 is 0 Å². The van der Waals surface area contributed by atoms with Gasteiger partial charge in [0.05, 0.1) is 18.8 Å². The minimum Gasteiger partial charge on any atom is -0.493 e. The summed E-state index contributed by atoms with van der Waals surface area (Å²) in [4.78, 5) is 17.0. The summed E-state index contributed by atoms with van der Waals surface area (Å²) in [6, 6.07) is 20.0. The third-order valence-corrected chi connectivity index (χ3v) is 5.45. The van der Waals surface area contributed by atoms with Crippen molar-refractivity contribution in [2.45, 2.75) is 38.8 Å². The highest BCUT2D eigenvalue weighted by atomic mass is 16.5. The standard InChI is InChI=1S/C26H29N3O2/c30-26(29-19-24-9-2-4-13-28-24)22-10-11-25-23(17-22)16-20-7-6-8-21(15-20)18-27-12-3-1-5-14-31-25/h2,4,6-11,13,15,17,27H,1,3,5,12,14,16,18-19H2,(H,29,30). The van der Waals surface area contributed by atoms with Gasteiger partial charge in [-0.1, -0.05) is 30.3 Å². The van der Waals surface area contributed by atoms with Gasteiger partial charge in [-0.15, -0.1) is 0 Å². The van der Waals surface area contributed by atoms with E-state index in [1.165, 1.54) is 11.1 Å². The minimum atomic E-state index is -0.106. The number of rotatable bonds is 3. The summed E-state index contributed by atoms with van der Waals surface area (Å²) >= 11 is 0. The highest BCUT2D eigenvalue weighted by Gasteiger charge is 2.12. The molecule has 3 aromatic rings. The molecule has 0 atom stereocenters. The Labute approximate surface area is 183 Å². The van der Waals surface area contributed by atoms with Gasteiger partial charge in [0.1, 0.15) is 5.75 Å². The van der Waals surface area contributed by atoms with Gasteiger partial charge in [-0.25, -0.2) is 0 Å². The number of hydrogen-bond acceptors (Lipinski definition) is 4. The molecule has 5 heteroatoms. The van der Waals surface area contributed by atoms with Crippen molar-refractivity contribution in [1.82, 2.24) is 15.6 Å². The Bertz CT molecular complexity index is 1000. The number of benzene rings is 2. The van der Waals surface area contributed by atoms with Crippen molar-refractivity contribution in [3.63, 3.8) is 0 Å². The fraction of sp³-hybridized carbons (Fsp3) is 0.308. The van der Waals surface area contributed by atoms with E-state index in [4.69, 9.17) is 4.74 Å². The second-order valence-corrected chi connectivity index (χ2v) is 7.91. The lowest BCUT2D eigenvalue weighted by Gasteiger charge is -2.15. The number of pyridine rings is 1. The molecule has 1 amide bonds. The summed E-state index contributed by atoms with van der Waals surface area (Å²) in [5, 5.41) is 6.48. The monoisotopic (exact) mass is 415 g/mol. The maximum atomic E-state index is 12.8. The van der Waals surface area contributed by atoms with Crippen molar-refractivity contribution in [2.24, 2.45) is 0 Å². The molecular weight excluding hydrogens is 386 g/mol. The first kappa shape index (κ1) is 21.1. The van der Waals surface area contributed by atoms with Gasteiger partial charge < -0.3 is 15.4 Å². The van der Waals surface area contributed by atoms with Gasteiger partial charge in [0.25, 0.3) is 5.91 Å². The first-order valence-electron chi connectivity index (χ1n) is 11.0. The highest BCUT2D eigenvalue weighted by molar-refractivity contribution is 5.94. The van der Waals surface area contributed by atoms with Gasteiger partial charge in [0, 0.05) is 24.7 Å². The molecule has 0 aliphatic carbocycles. The van der Waals surface area contributed by atoms with Crippen LogP contribution < -0.4 is 15.4 Å². The summed E-state index contributed by atoms with van der Waals surface area (Å²) in [6.45, 7) is 3.01. The van der Waals surface area contributed by atoms with E-state index in [1.54, 1.807) is 6.20 Å². The van der Waals surface area contributed by atoms with Crippen LogP contribution in [0.2, 0.25) is 0 Å². The fourth-order valence-electron chi connectivity index (χ4n) is 3.79. The van der Waals surface area contributed by atoms with E-state index >= 15 is 0 Å². The minimum absolute atomic E-state index is 0.106. The molecule has 0 spiro atoms. The lowest BCUT2D eigenvalue weighted by Crippen LogP contribution is -2.23. The third kappa shape index (κ3) is 6.15. The molecule has 0 saturated heterocycles. The Morgan fingerprint density at radius 1 is 1.00 bits per heavy atom. The lowest BCUT2D eigenvalue weighted by atomic mass is 9.99. The van der Waals surface area contributed by atoms with Crippen LogP contribution in [0.25, 0.3) is 0 Å². The molecule has 1 aliphatic rings. The molecule has 0 radical (unpaired) electrons. The van der Waals surface area contributed by atoms with E-state index < -0.39 is 0 Å². The molecule has 5 nitrogen and oxygen atoms in total. The smallest absolute Gasteiger partial charge is 0.251 e. The molecule has 0 saturated carbocycles. The highest BCUT2D eigenvalue weighted by Crippen LogP contribution is 2.25. The SMILES string of the molecule is O=C(NCc1ccccn1)c1ccc2c(c1)Cc1cccc(c1)CNCCCCCO2. The Hall–Kier alpha value is -3.18. The molecule has 1 aliphatic heterocycles. The van der Waals surface area contributed by atoms with Crippen LogP contribution in [0.15, 0.2) is 66.9 Å². The fourth-order valence-corrected chi connectivity index (χ4v) is 3.79. The zero-order valence-electron chi connectivity index (χ0n) is 17.8. The molecule has 0 fully saturated rings. The Morgan fingerprint density at radius 2 is 1.94 bits per heavy atom. The van der Waals surface area contributed by atoms with Crippen LogP contribution in [-0.4, -0.2) is 24.0 Å². The molecule has 2 aromatic carbocycles. The van der Waals surface area contributed by atoms with Crippen LogP contribution in [-0.2, 0) is 19.5 Å². The van der Waals surface area contributed by atoms with Crippen molar-refractivity contribution in [1.29, 1.82) is 0 Å². The second-order valence-electron chi connectivity index (χ2n) is 7.91. The van der Waals surface area contributed by atoms with Crippen molar-refractivity contribution in [3.8, 4) is 5.75 Å². The van der Waals surface area contributed by atoms with Gasteiger partial charge in [-0.3, -0.25) is 9.78 Å². The summed E-state index contributed by atoms with van der Waals surface area (Å²) in [6.07, 6.45) is 5.76. The number of ether oxygens (including phenoxy) is 1. The first-order valence-corrected chi connectivity index (χ1v) is 11.0. The molecule has 0 unspecified atom stereocenters. The molecule has 2 N–H and O–H groups in total. The van der Waals surface area contributed by atoms with Crippen LogP contribution in [0, 0.1) is 0 Å². The summed E-state index contributed by atoms with van der Waals surface area (Å²) in [5.74, 6) is 0.757. The second kappa shape index (κ2) is 10.7. The van der Waals surface area contributed by atoms with Gasteiger partial charge in [0.15, 0.2) is 0 Å². The van der Waals surface area contributed by atoms with Crippen molar-refractivity contribution < 1.29 is 9.53 Å². The number of carbonyl (C=O) groups excluding carboxylic acids is 1. The van der Waals surface area contributed by atoms with Crippen LogP contribution in [0.1, 0.15) is 52.0 Å². The quantitative estimate of drug-likeness (QED) is 0.671. The molecule has 2 heterocycles. The normalized spacial score (nSPS) is 14.6. The largest absolute Gasteiger partial charge is 0.493 e. The Morgan fingerprint density at radius 3 is 2.84 bits per heavy atom. The van der Waals surface area contributed by atoms with Gasteiger partial charge >= 0.3 is 0 Å². The molecule has 4 rings (SSSR count). The lowest BCUT2D eigenvalue weighted by molar-refractivity contribution is 0.0950. The molecule has 160 valence electrons. The van der Waals surface area contributed by atoms with Crippen molar-refractivity contribution in [2.75, 3.05) is 13.2 Å². The van der Waals surface area contributed by atoms with Crippen molar-refractivity contribution >= 4 is 5.91 Å². The number of fused-ring (bicyclic) bond motifs is 3. The van der Waals surface area contributed by atoms with Gasteiger partial charge in [0.2, 0.25) is 0 Å². The third-order valence-electron chi connectivity index (χ3n) is 5.45. The summed E-state index contributed by atoms with van der Waals surface area (Å²) < 4.78 is 6.11. The number of carbonyl (C=O) groups is 1. The Kier molecular flexibility index (Phi) is 7.29. The zero-order chi connectivity index (χ0) is 21.3. The average Bonchev–Trinajstić information content (AvgIpc) is 2.80. The average molecular weight is 416 g/mol. The van der Waals surface area contributed by atoms with E-state index in [9.17, 15) is 4.79 Å². The van der Waals surface area contributed by atoms with E-state index in [1.807, 2.05) is 36.4 Å². The van der Waals surface area contributed by atoms with Gasteiger partial charge in [-0.05, 0) is 72.8 Å². The van der Waals surface area contributed by atoms with Gasteiger partial charge in [-0.2, -0.15) is 0 Å². The number of hydrogen-bond donors (Lipinski definition) is 2. The number of amides is 1. The van der Waals surface area contributed by atoms with Crippen LogP contribution in [0.3, 0.4) is 0 Å². The Balaban J connectivity index is 1.54.